The second-order valence-corrected chi connectivity index (χ2v) is 6.82. The zero-order chi connectivity index (χ0) is 14.9. The number of halogens is 1. The zero-order valence-corrected chi connectivity index (χ0v) is 13.0. The normalized spacial score (nSPS) is 24.5. The van der Waals surface area contributed by atoms with E-state index in [1.54, 1.807) is 0 Å². The maximum absolute atomic E-state index is 13.1. The van der Waals surface area contributed by atoms with E-state index in [1.807, 2.05) is 29.2 Å². The van der Waals surface area contributed by atoms with E-state index in [0.717, 1.165) is 44.2 Å². The Morgan fingerprint density at radius 1 is 1.29 bits per heavy atom. The lowest BCUT2D eigenvalue weighted by molar-refractivity contribution is -0.143. The summed E-state index contributed by atoms with van der Waals surface area (Å²) >= 11 is 5.97. The Morgan fingerprint density at radius 3 is 2.57 bits per heavy atom. The van der Waals surface area contributed by atoms with Gasteiger partial charge in [-0.05, 0) is 49.3 Å². The van der Waals surface area contributed by atoms with Gasteiger partial charge >= 0.3 is 0 Å². The Morgan fingerprint density at radius 2 is 2.00 bits per heavy atom. The average Bonchev–Trinajstić information content (AvgIpc) is 2.48. The topological polar surface area (TPSA) is 40.5 Å². The fourth-order valence-corrected chi connectivity index (χ4v) is 3.75. The lowest BCUT2D eigenvalue weighted by Crippen LogP contribution is -2.53. The first-order chi connectivity index (χ1) is 10.2. The molecule has 4 heteroatoms. The third kappa shape index (κ3) is 2.69. The van der Waals surface area contributed by atoms with Gasteiger partial charge in [0, 0.05) is 24.7 Å². The molecular weight excluding hydrogens is 286 g/mol. The minimum Gasteiger partial charge on any atom is -0.396 e. The predicted octanol–water partition coefficient (Wildman–Crippen LogP) is 2.99. The molecule has 0 spiro atoms. The fourth-order valence-electron chi connectivity index (χ4n) is 3.63. The molecular formula is C17H22ClNO2. The van der Waals surface area contributed by atoms with Crippen LogP contribution in [0.15, 0.2) is 24.3 Å². The second kappa shape index (κ2) is 5.98. The van der Waals surface area contributed by atoms with Crippen LogP contribution in [0, 0.1) is 5.92 Å². The molecule has 0 bridgehead atoms. The lowest BCUT2D eigenvalue weighted by Gasteiger charge is -2.45. The Bertz CT molecular complexity index is 510. The van der Waals surface area contributed by atoms with E-state index in [0.29, 0.717) is 11.6 Å². The van der Waals surface area contributed by atoms with Crippen LogP contribution >= 0.6 is 11.6 Å². The summed E-state index contributed by atoms with van der Waals surface area (Å²) in [7, 11) is 0. The van der Waals surface area contributed by atoms with Crippen molar-refractivity contribution in [2.75, 3.05) is 19.7 Å². The molecule has 2 fully saturated rings. The van der Waals surface area contributed by atoms with Gasteiger partial charge in [0.25, 0.3) is 0 Å². The molecule has 0 unspecified atom stereocenters. The number of hydrogen-bond donors (Lipinski definition) is 1. The quantitative estimate of drug-likeness (QED) is 0.932. The van der Waals surface area contributed by atoms with E-state index in [4.69, 9.17) is 11.6 Å². The number of hydrogen-bond acceptors (Lipinski definition) is 2. The van der Waals surface area contributed by atoms with E-state index in [1.165, 1.54) is 0 Å². The Kier molecular flexibility index (Phi) is 4.23. The Balaban J connectivity index is 1.82. The van der Waals surface area contributed by atoms with Gasteiger partial charge < -0.3 is 10.0 Å². The van der Waals surface area contributed by atoms with Crippen molar-refractivity contribution in [1.29, 1.82) is 0 Å². The first kappa shape index (κ1) is 14.9. The van der Waals surface area contributed by atoms with Crippen molar-refractivity contribution in [2.24, 2.45) is 5.92 Å². The fraction of sp³-hybridized carbons (Fsp3) is 0.588. The summed E-state index contributed by atoms with van der Waals surface area (Å²) in [6, 6.07) is 7.73. The summed E-state index contributed by atoms with van der Waals surface area (Å²) in [4.78, 5) is 15.0. The van der Waals surface area contributed by atoms with Crippen LogP contribution in [-0.4, -0.2) is 35.6 Å². The number of rotatable bonds is 3. The molecule has 0 aromatic heterocycles. The van der Waals surface area contributed by atoms with Gasteiger partial charge in [-0.15, -0.1) is 0 Å². The second-order valence-electron chi connectivity index (χ2n) is 6.38. The molecule has 114 valence electrons. The minimum absolute atomic E-state index is 0.178. The largest absolute Gasteiger partial charge is 0.396 e. The molecule has 21 heavy (non-hydrogen) atoms. The van der Waals surface area contributed by atoms with Gasteiger partial charge in [0.05, 0.1) is 5.41 Å². The highest BCUT2D eigenvalue weighted by molar-refractivity contribution is 6.30. The van der Waals surface area contributed by atoms with E-state index >= 15 is 0 Å². The molecule has 1 aromatic carbocycles. The average molecular weight is 308 g/mol. The van der Waals surface area contributed by atoms with Crippen LogP contribution in [0.4, 0.5) is 0 Å². The highest BCUT2D eigenvalue weighted by atomic mass is 35.5. The van der Waals surface area contributed by atoms with Crippen molar-refractivity contribution < 1.29 is 9.90 Å². The number of amides is 1. The molecule has 1 aromatic rings. The number of piperidine rings is 1. The first-order valence-electron chi connectivity index (χ1n) is 7.82. The number of carbonyl (C=O) groups is 1. The smallest absolute Gasteiger partial charge is 0.233 e. The summed E-state index contributed by atoms with van der Waals surface area (Å²) < 4.78 is 0. The molecule has 2 aliphatic rings. The summed E-state index contributed by atoms with van der Waals surface area (Å²) in [6.45, 7) is 1.70. The number of carbonyl (C=O) groups excluding carboxylic acids is 1. The Labute approximate surface area is 130 Å². The summed E-state index contributed by atoms with van der Waals surface area (Å²) in [5, 5.41) is 10.1. The van der Waals surface area contributed by atoms with Crippen molar-refractivity contribution in [3.05, 3.63) is 34.9 Å². The van der Waals surface area contributed by atoms with Gasteiger partial charge in [-0.25, -0.2) is 0 Å². The summed E-state index contributed by atoms with van der Waals surface area (Å²) in [5.74, 6) is 0.485. The van der Waals surface area contributed by atoms with Gasteiger partial charge in [0.15, 0.2) is 0 Å². The molecule has 1 saturated heterocycles. The lowest BCUT2D eigenvalue weighted by atomic mass is 9.63. The number of benzene rings is 1. The molecule has 1 atom stereocenters. The predicted molar refractivity (Wildman–Crippen MR) is 83.4 cm³/mol. The van der Waals surface area contributed by atoms with E-state index in [9.17, 15) is 9.90 Å². The SMILES string of the molecule is O=C(N1CCC[C@@H](CO)C1)C1(c2ccc(Cl)cc2)CCC1. The molecule has 1 N–H and O–H groups in total. The monoisotopic (exact) mass is 307 g/mol. The van der Waals surface area contributed by atoms with Crippen molar-refractivity contribution >= 4 is 17.5 Å². The number of aliphatic hydroxyl groups excluding tert-OH is 1. The summed E-state index contributed by atoms with van der Waals surface area (Å²) in [5.41, 5.74) is 0.747. The van der Waals surface area contributed by atoms with Gasteiger partial charge in [-0.2, -0.15) is 0 Å². The Hall–Kier alpha value is -1.06. The van der Waals surface area contributed by atoms with Crippen molar-refractivity contribution in [3.63, 3.8) is 0 Å². The highest BCUT2D eigenvalue weighted by Crippen LogP contribution is 2.45. The van der Waals surface area contributed by atoms with Crippen molar-refractivity contribution in [3.8, 4) is 0 Å². The number of nitrogens with zero attached hydrogens (tertiary/aromatic N) is 1. The van der Waals surface area contributed by atoms with E-state index in [-0.39, 0.29) is 23.8 Å². The van der Waals surface area contributed by atoms with E-state index < -0.39 is 0 Å². The molecule has 3 nitrogen and oxygen atoms in total. The molecule has 3 rings (SSSR count). The minimum atomic E-state index is -0.345. The molecule has 1 amide bonds. The highest BCUT2D eigenvalue weighted by Gasteiger charge is 2.48. The number of likely N-dealkylation sites (tertiary alicyclic amines) is 1. The van der Waals surface area contributed by atoms with Crippen molar-refractivity contribution in [1.82, 2.24) is 4.90 Å². The molecule has 1 heterocycles. The van der Waals surface area contributed by atoms with Gasteiger partial charge in [0.1, 0.15) is 0 Å². The number of aliphatic hydroxyl groups is 1. The maximum Gasteiger partial charge on any atom is 0.233 e. The third-order valence-corrected chi connectivity index (χ3v) is 5.33. The van der Waals surface area contributed by atoms with Crippen LogP contribution in [0.25, 0.3) is 0 Å². The van der Waals surface area contributed by atoms with E-state index in [2.05, 4.69) is 0 Å². The van der Waals surface area contributed by atoms with Crippen LogP contribution in [0.3, 0.4) is 0 Å². The maximum atomic E-state index is 13.1. The van der Waals surface area contributed by atoms with Gasteiger partial charge in [-0.3, -0.25) is 4.79 Å². The molecule has 1 saturated carbocycles. The molecule has 1 aliphatic carbocycles. The van der Waals surface area contributed by atoms with Gasteiger partial charge in [0.2, 0.25) is 5.91 Å². The van der Waals surface area contributed by atoms with Crippen LogP contribution in [-0.2, 0) is 10.2 Å². The zero-order valence-electron chi connectivity index (χ0n) is 12.2. The molecule has 1 aliphatic heterocycles. The first-order valence-corrected chi connectivity index (χ1v) is 8.20. The van der Waals surface area contributed by atoms with Crippen LogP contribution in [0.1, 0.15) is 37.7 Å². The van der Waals surface area contributed by atoms with Crippen LogP contribution < -0.4 is 0 Å². The standard InChI is InChI=1S/C17H22ClNO2/c18-15-6-4-14(5-7-15)17(8-2-9-17)16(21)19-10-1-3-13(11-19)12-20/h4-7,13,20H,1-3,8-12H2/t13-/m1/s1. The van der Waals surface area contributed by atoms with Crippen LogP contribution in [0.5, 0.6) is 0 Å². The third-order valence-electron chi connectivity index (χ3n) is 5.08. The van der Waals surface area contributed by atoms with Crippen LogP contribution in [0.2, 0.25) is 5.02 Å². The van der Waals surface area contributed by atoms with Gasteiger partial charge in [-0.1, -0.05) is 30.2 Å². The summed E-state index contributed by atoms with van der Waals surface area (Å²) in [6.07, 6.45) is 4.97. The van der Waals surface area contributed by atoms with Crippen molar-refractivity contribution in [2.45, 2.75) is 37.5 Å². The molecule has 0 radical (unpaired) electrons.